The predicted molar refractivity (Wildman–Crippen MR) is 119 cm³/mol. The van der Waals surface area contributed by atoms with Gasteiger partial charge in [0.25, 0.3) is 0 Å². The third-order valence-corrected chi connectivity index (χ3v) is 5.04. The van der Waals surface area contributed by atoms with E-state index in [0.717, 1.165) is 57.6 Å². The molecule has 5 nitrogen and oxygen atoms in total. The number of nitrogens with zero attached hydrogens (tertiary/aromatic N) is 3. The first-order chi connectivity index (χ1) is 11.5. The molecule has 150 valence electrons. The SMILES string of the molecule is CCOC(CCNC(=NC)N1CCC(CN(CC)CC)C1)C(C)C.I. The zero-order valence-electron chi connectivity index (χ0n) is 17.3. The van der Waals surface area contributed by atoms with Gasteiger partial charge >= 0.3 is 0 Å². The monoisotopic (exact) mass is 468 g/mol. The van der Waals surface area contributed by atoms with Gasteiger partial charge in [0.2, 0.25) is 0 Å². The van der Waals surface area contributed by atoms with E-state index in [4.69, 9.17) is 4.74 Å². The van der Waals surface area contributed by atoms with Crippen molar-refractivity contribution in [3.05, 3.63) is 0 Å². The summed E-state index contributed by atoms with van der Waals surface area (Å²) in [5.41, 5.74) is 0. The van der Waals surface area contributed by atoms with Crippen LogP contribution in [-0.2, 0) is 4.74 Å². The van der Waals surface area contributed by atoms with E-state index in [0.29, 0.717) is 12.0 Å². The molecule has 25 heavy (non-hydrogen) atoms. The van der Waals surface area contributed by atoms with Gasteiger partial charge in [-0.05, 0) is 44.7 Å². The molecule has 0 spiro atoms. The maximum absolute atomic E-state index is 5.83. The van der Waals surface area contributed by atoms with E-state index in [2.05, 4.69) is 54.7 Å². The van der Waals surface area contributed by atoms with Crippen LogP contribution in [0.4, 0.5) is 0 Å². The van der Waals surface area contributed by atoms with Crippen LogP contribution in [-0.4, -0.2) is 74.8 Å². The van der Waals surface area contributed by atoms with E-state index in [1.807, 2.05) is 7.05 Å². The summed E-state index contributed by atoms with van der Waals surface area (Å²) in [6.07, 6.45) is 2.63. The quantitative estimate of drug-likeness (QED) is 0.304. The maximum Gasteiger partial charge on any atom is 0.193 e. The molecule has 1 saturated heterocycles. The fourth-order valence-corrected chi connectivity index (χ4v) is 3.50. The zero-order valence-corrected chi connectivity index (χ0v) is 19.6. The zero-order chi connectivity index (χ0) is 17.9. The van der Waals surface area contributed by atoms with Crippen LogP contribution in [0.5, 0.6) is 0 Å². The van der Waals surface area contributed by atoms with Gasteiger partial charge < -0.3 is 19.9 Å². The molecule has 2 atom stereocenters. The van der Waals surface area contributed by atoms with Gasteiger partial charge in [0.15, 0.2) is 5.96 Å². The largest absolute Gasteiger partial charge is 0.378 e. The molecule has 0 aliphatic carbocycles. The minimum atomic E-state index is 0. The van der Waals surface area contributed by atoms with Gasteiger partial charge in [-0.15, -0.1) is 24.0 Å². The second-order valence-electron chi connectivity index (χ2n) is 7.09. The number of rotatable bonds is 10. The molecule has 0 amide bonds. The topological polar surface area (TPSA) is 40.1 Å². The fraction of sp³-hybridized carbons (Fsp3) is 0.947. The molecule has 1 rings (SSSR count). The number of nitrogens with one attached hydrogen (secondary N) is 1. The lowest BCUT2D eigenvalue weighted by Gasteiger charge is -2.25. The van der Waals surface area contributed by atoms with Gasteiger partial charge in [-0.1, -0.05) is 27.7 Å². The first-order valence-electron chi connectivity index (χ1n) is 9.85. The van der Waals surface area contributed by atoms with Crippen LogP contribution in [0.25, 0.3) is 0 Å². The normalized spacial score (nSPS) is 19.4. The molecular weight excluding hydrogens is 427 g/mol. The van der Waals surface area contributed by atoms with E-state index in [-0.39, 0.29) is 24.0 Å². The Balaban J connectivity index is 0.00000576. The number of ether oxygens (including phenoxy) is 1. The molecule has 6 heteroatoms. The lowest BCUT2D eigenvalue weighted by atomic mass is 10.0. The van der Waals surface area contributed by atoms with Crippen molar-refractivity contribution < 1.29 is 4.74 Å². The standard InChI is InChI=1S/C19H40N4O.HI/c1-7-22(8-2)14-17-11-13-23(15-17)19(20-6)21-12-10-18(16(4)5)24-9-3;/h16-18H,7-15H2,1-6H3,(H,20,21);1H. The maximum atomic E-state index is 5.83. The highest BCUT2D eigenvalue weighted by atomic mass is 127. The summed E-state index contributed by atoms with van der Waals surface area (Å²) in [6.45, 7) is 18.5. The van der Waals surface area contributed by atoms with Crippen LogP contribution < -0.4 is 5.32 Å². The summed E-state index contributed by atoms with van der Waals surface area (Å²) in [5, 5.41) is 3.54. The van der Waals surface area contributed by atoms with Crippen molar-refractivity contribution in [2.45, 2.75) is 53.6 Å². The third kappa shape index (κ3) is 8.91. The average Bonchev–Trinajstić information content (AvgIpc) is 3.03. The molecule has 1 fully saturated rings. The minimum Gasteiger partial charge on any atom is -0.378 e. The first-order valence-corrected chi connectivity index (χ1v) is 9.85. The Morgan fingerprint density at radius 3 is 2.48 bits per heavy atom. The van der Waals surface area contributed by atoms with Crippen LogP contribution in [0, 0.1) is 11.8 Å². The highest BCUT2D eigenvalue weighted by Gasteiger charge is 2.26. The molecule has 2 unspecified atom stereocenters. The van der Waals surface area contributed by atoms with Gasteiger partial charge in [-0.25, -0.2) is 0 Å². The Kier molecular flexibility index (Phi) is 14.0. The van der Waals surface area contributed by atoms with Crippen molar-refractivity contribution in [3.8, 4) is 0 Å². The Morgan fingerprint density at radius 1 is 1.28 bits per heavy atom. The van der Waals surface area contributed by atoms with Crippen LogP contribution in [0.1, 0.15) is 47.5 Å². The molecule has 0 aromatic heterocycles. The van der Waals surface area contributed by atoms with Crippen LogP contribution >= 0.6 is 24.0 Å². The van der Waals surface area contributed by atoms with Crippen LogP contribution in [0.15, 0.2) is 4.99 Å². The number of guanidine groups is 1. The molecular formula is C19H41IN4O. The van der Waals surface area contributed by atoms with Crippen LogP contribution in [0.3, 0.4) is 0 Å². The second kappa shape index (κ2) is 14.0. The summed E-state index contributed by atoms with van der Waals surface area (Å²) in [7, 11) is 1.89. The Bertz CT molecular complexity index is 361. The smallest absolute Gasteiger partial charge is 0.193 e. The van der Waals surface area contributed by atoms with E-state index < -0.39 is 0 Å². The highest BCUT2D eigenvalue weighted by Crippen LogP contribution is 2.18. The van der Waals surface area contributed by atoms with E-state index in [1.165, 1.54) is 13.0 Å². The van der Waals surface area contributed by atoms with E-state index in [1.54, 1.807) is 0 Å². The van der Waals surface area contributed by atoms with Crippen molar-refractivity contribution >= 4 is 29.9 Å². The van der Waals surface area contributed by atoms with Gasteiger partial charge in [0, 0.05) is 39.8 Å². The number of halogens is 1. The third-order valence-electron chi connectivity index (χ3n) is 5.04. The Labute approximate surface area is 173 Å². The summed E-state index contributed by atoms with van der Waals surface area (Å²) in [5.74, 6) is 2.37. The molecule has 0 aromatic carbocycles. The predicted octanol–water partition coefficient (Wildman–Crippen LogP) is 3.29. The van der Waals surface area contributed by atoms with Crippen molar-refractivity contribution in [1.29, 1.82) is 0 Å². The number of hydrogen-bond acceptors (Lipinski definition) is 3. The summed E-state index contributed by atoms with van der Waals surface area (Å²) in [6, 6.07) is 0. The Hall–Kier alpha value is -0.0800. The van der Waals surface area contributed by atoms with Gasteiger partial charge in [0.05, 0.1) is 6.10 Å². The minimum absolute atomic E-state index is 0. The van der Waals surface area contributed by atoms with Crippen molar-refractivity contribution in [2.24, 2.45) is 16.8 Å². The first kappa shape index (κ1) is 24.9. The summed E-state index contributed by atoms with van der Waals surface area (Å²) in [4.78, 5) is 9.43. The molecule has 1 N–H and O–H groups in total. The molecule has 1 heterocycles. The van der Waals surface area contributed by atoms with Gasteiger partial charge in [-0.3, -0.25) is 4.99 Å². The summed E-state index contributed by atoms with van der Waals surface area (Å²) < 4.78 is 5.83. The van der Waals surface area contributed by atoms with Crippen LogP contribution in [0.2, 0.25) is 0 Å². The average molecular weight is 468 g/mol. The fourth-order valence-electron chi connectivity index (χ4n) is 3.50. The second-order valence-corrected chi connectivity index (χ2v) is 7.09. The molecule has 0 saturated carbocycles. The molecule has 1 aliphatic heterocycles. The number of hydrogen-bond donors (Lipinski definition) is 1. The van der Waals surface area contributed by atoms with Gasteiger partial charge in [0.1, 0.15) is 0 Å². The van der Waals surface area contributed by atoms with Crippen molar-refractivity contribution in [3.63, 3.8) is 0 Å². The molecule has 0 aromatic rings. The highest BCUT2D eigenvalue weighted by molar-refractivity contribution is 14.0. The van der Waals surface area contributed by atoms with Crippen molar-refractivity contribution in [1.82, 2.24) is 15.1 Å². The summed E-state index contributed by atoms with van der Waals surface area (Å²) >= 11 is 0. The van der Waals surface area contributed by atoms with E-state index >= 15 is 0 Å². The lowest BCUT2D eigenvalue weighted by Crippen LogP contribution is -2.42. The van der Waals surface area contributed by atoms with Gasteiger partial charge in [-0.2, -0.15) is 0 Å². The molecule has 0 radical (unpaired) electrons. The number of aliphatic imine (C=N–C) groups is 1. The molecule has 1 aliphatic rings. The van der Waals surface area contributed by atoms with Crippen molar-refractivity contribution in [2.75, 3.05) is 52.9 Å². The van der Waals surface area contributed by atoms with E-state index in [9.17, 15) is 0 Å². The number of likely N-dealkylation sites (tertiary alicyclic amines) is 1. The lowest BCUT2D eigenvalue weighted by molar-refractivity contribution is 0.0257. The Morgan fingerprint density at radius 2 is 1.96 bits per heavy atom. The molecule has 0 bridgehead atoms.